The second-order valence-corrected chi connectivity index (χ2v) is 5.58. The van der Waals surface area contributed by atoms with E-state index in [9.17, 15) is 4.79 Å². The quantitative estimate of drug-likeness (QED) is 0.860. The summed E-state index contributed by atoms with van der Waals surface area (Å²) in [4.78, 5) is 16.2. The zero-order valence-electron chi connectivity index (χ0n) is 12.7. The Morgan fingerprint density at radius 2 is 2.20 bits per heavy atom. The predicted molar refractivity (Wildman–Crippen MR) is 78.6 cm³/mol. The second kappa shape index (κ2) is 6.29. The molecule has 0 aliphatic heterocycles. The van der Waals surface area contributed by atoms with Gasteiger partial charge in [0.1, 0.15) is 11.6 Å². The van der Waals surface area contributed by atoms with Crippen LogP contribution in [0.1, 0.15) is 68.3 Å². The highest BCUT2D eigenvalue weighted by Gasteiger charge is 2.28. The number of nitrogens with two attached hydrogens (primary N) is 1. The minimum atomic E-state index is -0.422. The molecule has 0 bridgehead atoms. The number of rotatable bonds is 4. The van der Waals surface area contributed by atoms with Gasteiger partial charge in [0.05, 0.1) is 6.61 Å². The van der Waals surface area contributed by atoms with Gasteiger partial charge in [0, 0.05) is 6.04 Å². The zero-order valence-corrected chi connectivity index (χ0v) is 12.7. The molecule has 0 amide bonds. The van der Waals surface area contributed by atoms with Crippen LogP contribution in [0.15, 0.2) is 0 Å². The molecule has 112 valence electrons. The number of esters is 1. The largest absolute Gasteiger partial charge is 0.461 e. The number of carbonyl (C=O) groups excluding carboxylic acids is 1. The first-order chi connectivity index (χ1) is 9.58. The minimum absolute atomic E-state index is 0.267. The number of imidazole rings is 1. The fourth-order valence-corrected chi connectivity index (χ4v) is 3.24. The lowest BCUT2D eigenvalue weighted by Crippen LogP contribution is -2.21. The molecule has 0 aromatic carbocycles. The van der Waals surface area contributed by atoms with Gasteiger partial charge in [0.2, 0.25) is 0 Å². The van der Waals surface area contributed by atoms with Gasteiger partial charge in [0.25, 0.3) is 0 Å². The van der Waals surface area contributed by atoms with Crippen LogP contribution in [0.2, 0.25) is 0 Å². The number of ether oxygens (including phenoxy) is 1. The Morgan fingerprint density at radius 1 is 1.45 bits per heavy atom. The van der Waals surface area contributed by atoms with Crippen molar-refractivity contribution in [2.75, 3.05) is 12.3 Å². The van der Waals surface area contributed by atoms with Crippen LogP contribution in [-0.2, 0) is 4.74 Å². The Labute approximate surface area is 120 Å². The van der Waals surface area contributed by atoms with Crippen LogP contribution in [-0.4, -0.2) is 22.1 Å². The predicted octanol–water partition coefficient (Wildman–Crippen LogP) is 3.09. The molecule has 0 spiro atoms. The van der Waals surface area contributed by atoms with Gasteiger partial charge in [-0.15, -0.1) is 0 Å². The maximum atomic E-state index is 11.9. The Bertz CT molecular complexity index is 482. The number of aryl methyl sites for hydroxylation is 1. The summed E-state index contributed by atoms with van der Waals surface area (Å²) in [7, 11) is 0. The fourth-order valence-electron chi connectivity index (χ4n) is 3.24. The van der Waals surface area contributed by atoms with E-state index < -0.39 is 5.97 Å². The summed E-state index contributed by atoms with van der Waals surface area (Å²) in [6, 6.07) is 0.365. The summed E-state index contributed by atoms with van der Waals surface area (Å²) in [5, 5.41) is 0. The minimum Gasteiger partial charge on any atom is -0.461 e. The van der Waals surface area contributed by atoms with Crippen LogP contribution in [0.4, 0.5) is 5.82 Å². The molecule has 0 saturated heterocycles. The van der Waals surface area contributed by atoms with Crippen LogP contribution >= 0.6 is 0 Å². The molecule has 2 unspecified atom stereocenters. The van der Waals surface area contributed by atoms with E-state index in [1.807, 2.05) is 11.5 Å². The maximum absolute atomic E-state index is 11.9. The molecule has 5 nitrogen and oxygen atoms in total. The summed E-state index contributed by atoms with van der Waals surface area (Å²) >= 11 is 0. The molecule has 2 rings (SSSR count). The van der Waals surface area contributed by atoms with E-state index in [0.717, 1.165) is 24.6 Å². The first kappa shape index (κ1) is 14.9. The van der Waals surface area contributed by atoms with Crippen molar-refractivity contribution < 1.29 is 9.53 Å². The van der Waals surface area contributed by atoms with Gasteiger partial charge in [-0.05, 0) is 32.6 Å². The summed E-state index contributed by atoms with van der Waals surface area (Å²) in [5.41, 5.74) is 6.42. The average Bonchev–Trinajstić information content (AvgIpc) is 2.74. The number of hydrogen-bond acceptors (Lipinski definition) is 4. The number of hydrogen-bond donors (Lipinski definition) is 1. The van der Waals surface area contributed by atoms with Crippen molar-refractivity contribution in [2.24, 2.45) is 5.92 Å². The van der Waals surface area contributed by atoms with Crippen LogP contribution in [0.5, 0.6) is 0 Å². The SMILES string of the molecule is CCOC(=O)c1nc(C)n(C2CCCC(CC)C2)c1N. The molecular weight excluding hydrogens is 254 g/mol. The van der Waals surface area contributed by atoms with Crippen molar-refractivity contribution in [1.29, 1.82) is 0 Å². The van der Waals surface area contributed by atoms with E-state index in [2.05, 4.69) is 11.9 Å². The highest BCUT2D eigenvalue weighted by molar-refractivity contribution is 5.92. The molecule has 1 aromatic heterocycles. The Hall–Kier alpha value is -1.52. The van der Waals surface area contributed by atoms with Gasteiger partial charge in [-0.3, -0.25) is 0 Å². The van der Waals surface area contributed by atoms with Crippen LogP contribution < -0.4 is 5.73 Å². The van der Waals surface area contributed by atoms with E-state index in [4.69, 9.17) is 10.5 Å². The summed E-state index contributed by atoms with van der Waals surface area (Å²) < 4.78 is 7.05. The topological polar surface area (TPSA) is 70.1 Å². The number of nitrogen functional groups attached to an aromatic ring is 1. The summed E-state index contributed by atoms with van der Waals surface area (Å²) in [6.07, 6.45) is 5.95. The lowest BCUT2D eigenvalue weighted by molar-refractivity contribution is 0.0521. The third-order valence-electron chi connectivity index (χ3n) is 4.29. The van der Waals surface area contributed by atoms with Crippen LogP contribution in [0.25, 0.3) is 0 Å². The molecule has 20 heavy (non-hydrogen) atoms. The van der Waals surface area contributed by atoms with Crippen LogP contribution in [0.3, 0.4) is 0 Å². The second-order valence-electron chi connectivity index (χ2n) is 5.58. The van der Waals surface area contributed by atoms with E-state index in [0.29, 0.717) is 18.5 Å². The normalized spacial score (nSPS) is 22.8. The molecule has 1 fully saturated rings. The third-order valence-corrected chi connectivity index (χ3v) is 4.29. The molecule has 0 radical (unpaired) electrons. The molecule has 1 aliphatic carbocycles. The summed E-state index contributed by atoms with van der Waals surface area (Å²) in [5.74, 6) is 1.60. The number of anilines is 1. The monoisotopic (exact) mass is 279 g/mol. The van der Waals surface area contributed by atoms with Gasteiger partial charge in [0.15, 0.2) is 5.69 Å². The van der Waals surface area contributed by atoms with Crippen molar-refractivity contribution in [3.8, 4) is 0 Å². The standard InChI is InChI=1S/C15H25N3O2/c1-4-11-7-6-8-12(9-11)18-10(3)17-13(14(18)16)15(19)20-5-2/h11-12H,4-9,16H2,1-3H3. The van der Waals surface area contributed by atoms with Gasteiger partial charge in [-0.2, -0.15) is 0 Å². The molecule has 1 heterocycles. The van der Waals surface area contributed by atoms with Gasteiger partial charge < -0.3 is 15.0 Å². The van der Waals surface area contributed by atoms with Gasteiger partial charge in [-0.25, -0.2) is 9.78 Å². The molecule has 2 N–H and O–H groups in total. The van der Waals surface area contributed by atoms with Crippen molar-refractivity contribution in [1.82, 2.24) is 9.55 Å². The lowest BCUT2D eigenvalue weighted by atomic mass is 9.84. The van der Waals surface area contributed by atoms with Crippen LogP contribution in [0, 0.1) is 12.8 Å². The number of nitrogens with zero attached hydrogens (tertiary/aromatic N) is 2. The maximum Gasteiger partial charge on any atom is 0.360 e. The van der Waals surface area contributed by atoms with E-state index in [1.165, 1.54) is 19.3 Å². The molecule has 1 aliphatic rings. The molecule has 5 heteroatoms. The smallest absolute Gasteiger partial charge is 0.360 e. The molecule has 1 aromatic rings. The van der Waals surface area contributed by atoms with Crippen molar-refractivity contribution in [3.05, 3.63) is 11.5 Å². The van der Waals surface area contributed by atoms with Crippen molar-refractivity contribution >= 4 is 11.8 Å². The first-order valence-corrected chi connectivity index (χ1v) is 7.59. The Morgan fingerprint density at radius 3 is 2.85 bits per heavy atom. The molecular formula is C15H25N3O2. The summed E-state index contributed by atoms with van der Waals surface area (Å²) in [6.45, 7) is 6.27. The highest BCUT2D eigenvalue weighted by atomic mass is 16.5. The zero-order chi connectivity index (χ0) is 14.7. The Kier molecular flexibility index (Phi) is 4.68. The Balaban J connectivity index is 2.25. The fraction of sp³-hybridized carbons (Fsp3) is 0.733. The third kappa shape index (κ3) is 2.81. The van der Waals surface area contributed by atoms with E-state index >= 15 is 0 Å². The van der Waals surface area contributed by atoms with Crippen molar-refractivity contribution in [3.63, 3.8) is 0 Å². The van der Waals surface area contributed by atoms with E-state index in [-0.39, 0.29) is 5.69 Å². The average molecular weight is 279 g/mol. The molecule has 2 atom stereocenters. The van der Waals surface area contributed by atoms with Gasteiger partial charge in [-0.1, -0.05) is 26.2 Å². The van der Waals surface area contributed by atoms with Gasteiger partial charge >= 0.3 is 5.97 Å². The number of carbonyl (C=O) groups is 1. The lowest BCUT2D eigenvalue weighted by Gasteiger charge is -2.30. The number of aromatic nitrogens is 2. The first-order valence-electron chi connectivity index (χ1n) is 7.59. The molecule has 1 saturated carbocycles. The van der Waals surface area contributed by atoms with E-state index in [1.54, 1.807) is 6.92 Å². The van der Waals surface area contributed by atoms with Crippen molar-refractivity contribution in [2.45, 2.75) is 58.9 Å². The highest BCUT2D eigenvalue weighted by Crippen LogP contribution is 2.36.